The van der Waals surface area contributed by atoms with Crippen LogP contribution in [0.1, 0.15) is 33.8 Å². The Labute approximate surface area is 132 Å². The number of aliphatic hydroxyl groups is 1. The second kappa shape index (κ2) is 5.77. The average molecular weight is 313 g/mol. The Morgan fingerprint density at radius 2 is 2.00 bits per heavy atom. The van der Waals surface area contributed by atoms with Crippen LogP contribution in [0.25, 0.3) is 0 Å². The van der Waals surface area contributed by atoms with E-state index in [1.54, 1.807) is 17.5 Å². The van der Waals surface area contributed by atoms with Crippen LogP contribution in [0.15, 0.2) is 53.1 Å². The number of amides is 1. The van der Waals surface area contributed by atoms with Crippen molar-refractivity contribution in [3.63, 3.8) is 0 Å². The molecule has 1 unspecified atom stereocenters. The van der Waals surface area contributed by atoms with Crippen molar-refractivity contribution < 1.29 is 14.7 Å². The fourth-order valence-electron chi connectivity index (χ4n) is 2.51. The number of rotatable bonds is 4. The minimum absolute atomic E-state index is 0.122. The third-order valence-corrected chi connectivity index (χ3v) is 4.61. The number of hydrogen-bond acceptors (Lipinski definition) is 4. The van der Waals surface area contributed by atoms with E-state index in [-0.39, 0.29) is 11.4 Å². The maximum atomic E-state index is 12.6. The Kier molecular flexibility index (Phi) is 3.81. The zero-order chi connectivity index (χ0) is 15.7. The first-order valence-electron chi connectivity index (χ1n) is 7.03. The Morgan fingerprint density at radius 1 is 1.27 bits per heavy atom. The molecule has 1 aliphatic rings. The van der Waals surface area contributed by atoms with E-state index in [1.165, 1.54) is 16.9 Å². The van der Waals surface area contributed by atoms with Crippen molar-refractivity contribution in [1.82, 2.24) is 5.32 Å². The molecule has 0 bridgehead atoms. The van der Waals surface area contributed by atoms with Gasteiger partial charge in [-0.05, 0) is 29.0 Å². The van der Waals surface area contributed by atoms with Crippen LogP contribution in [-0.2, 0) is 11.2 Å². The van der Waals surface area contributed by atoms with Crippen LogP contribution in [0.2, 0.25) is 0 Å². The number of thiophene rings is 1. The number of aryl methyl sites for hydroxylation is 1. The minimum atomic E-state index is -0.607. The van der Waals surface area contributed by atoms with Crippen LogP contribution in [0.3, 0.4) is 0 Å². The highest BCUT2D eigenvalue weighted by atomic mass is 32.1. The molecule has 0 spiro atoms. The van der Waals surface area contributed by atoms with E-state index in [2.05, 4.69) is 12.2 Å². The second-order valence-electron chi connectivity index (χ2n) is 5.07. The van der Waals surface area contributed by atoms with Crippen LogP contribution in [-0.4, -0.2) is 16.8 Å². The maximum Gasteiger partial charge on any atom is 0.287 e. The summed E-state index contributed by atoms with van der Waals surface area (Å²) in [6, 6.07) is 10.5. The average Bonchev–Trinajstić information content (AvgIpc) is 3.16. The van der Waals surface area contributed by atoms with Gasteiger partial charge in [-0.25, -0.2) is 0 Å². The standard InChI is InChI=1S/C17H15NO3S/c1-2-10-5-7-11(8-6-10)14-13(16(20)17(21)18-14)15(19)12-4-3-9-22-12/h3-9,14,20H,2H2,1H3,(H,18,21). The molecule has 4 nitrogen and oxygen atoms in total. The molecule has 1 atom stereocenters. The van der Waals surface area contributed by atoms with E-state index in [9.17, 15) is 14.7 Å². The monoisotopic (exact) mass is 313 g/mol. The van der Waals surface area contributed by atoms with Crippen molar-refractivity contribution in [2.45, 2.75) is 19.4 Å². The van der Waals surface area contributed by atoms with Gasteiger partial charge in [0.05, 0.1) is 16.5 Å². The number of Topliss-reactive ketones (excluding diaryl/α,β-unsaturated/α-hetero) is 1. The summed E-state index contributed by atoms with van der Waals surface area (Å²) in [7, 11) is 0. The van der Waals surface area contributed by atoms with E-state index in [0.29, 0.717) is 4.88 Å². The van der Waals surface area contributed by atoms with Gasteiger partial charge in [-0.3, -0.25) is 9.59 Å². The zero-order valence-corrected chi connectivity index (χ0v) is 12.8. The lowest BCUT2D eigenvalue weighted by Gasteiger charge is -2.14. The van der Waals surface area contributed by atoms with Crippen molar-refractivity contribution in [2.24, 2.45) is 0 Å². The van der Waals surface area contributed by atoms with Gasteiger partial charge in [-0.1, -0.05) is 37.3 Å². The summed E-state index contributed by atoms with van der Waals surface area (Å²) >= 11 is 1.29. The summed E-state index contributed by atoms with van der Waals surface area (Å²) in [6.07, 6.45) is 0.916. The highest BCUT2D eigenvalue weighted by Crippen LogP contribution is 2.32. The van der Waals surface area contributed by atoms with E-state index >= 15 is 0 Å². The van der Waals surface area contributed by atoms with E-state index in [0.717, 1.165) is 12.0 Å². The summed E-state index contributed by atoms with van der Waals surface area (Å²) < 4.78 is 0. The number of nitrogens with one attached hydrogen (secondary N) is 1. The molecule has 5 heteroatoms. The molecular formula is C17H15NO3S. The number of aliphatic hydroxyl groups excluding tert-OH is 1. The first kappa shape index (κ1) is 14.5. The van der Waals surface area contributed by atoms with E-state index < -0.39 is 17.7 Å². The van der Waals surface area contributed by atoms with E-state index in [1.807, 2.05) is 24.3 Å². The fourth-order valence-corrected chi connectivity index (χ4v) is 3.18. The molecule has 0 fully saturated rings. The number of benzene rings is 1. The first-order chi connectivity index (χ1) is 10.6. The molecule has 1 amide bonds. The highest BCUT2D eigenvalue weighted by Gasteiger charge is 2.37. The van der Waals surface area contributed by atoms with Gasteiger partial charge in [0, 0.05) is 0 Å². The molecule has 2 aromatic rings. The quantitative estimate of drug-likeness (QED) is 0.852. The van der Waals surface area contributed by atoms with Crippen LogP contribution < -0.4 is 5.32 Å². The lowest BCUT2D eigenvalue weighted by Crippen LogP contribution is -2.23. The van der Waals surface area contributed by atoms with Gasteiger partial charge in [0.2, 0.25) is 5.78 Å². The van der Waals surface area contributed by atoms with Gasteiger partial charge in [0.25, 0.3) is 5.91 Å². The van der Waals surface area contributed by atoms with Gasteiger partial charge < -0.3 is 10.4 Å². The summed E-state index contributed by atoms with van der Waals surface area (Å²) in [4.78, 5) is 24.9. The van der Waals surface area contributed by atoms with Gasteiger partial charge in [-0.15, -0.1) is 11.3 Å². The number of carbonyl (C=O) groups is 2. The van der Waals surface area contributed by atoms with Crippen LogP contribution in [0, 0.1) is 0 Å². The molecule has 1 aromatic heterocycles. The Bertz CT molecular complexity index is 745. The van der Waals surface area contributed by atoms with Gasteiger partial charge in [0.15, 0.2) is 5.76 Å². The molecule has 0 saturated heterocycles. The fraction of sp³-hybridized carbons (Fsp3) is 0.176. The predicted octanol–water partition coefficient (Wildman–Crippen LogP) is 3.18. The lowest BCUT2D eigenvalue weighted by atomic mass is 9.95. The van der Waals surface area contributed by atoms with Crippen molar-refractivity contribution >= 4 is 23.0 Å². The van der Waals surface area contributed by atoms with Gasteiger partial charge >= 0.3 is 0 Å². The maximum absolute atomic E-state index is 12.6. The zero-order valence-electron chi connectivity index (χ0n) is 12.0. The van der Waals surface area contributed by atoms with Crippen molar-refractivity contribution in [1.29, 1.82) is 0 Å². The minimum Gasteiger partial charge on any atom is -0.503 e. The molecule has 2 heterocycles. The normalized spacial score (nSPS) is 17.7. The van der Waals surface area contributed by atoms with E-state index in [4.69, 9.17) is 0 Å². The predicted molar refractivity (Wildman–Crippen MR) is 85.0 cm³/mol. The smallest absolute Gasteiger partial charge is 0.287 e. The Balaban J connectivity index is 2.00. The third kappa shape index (κ3) is 2.44. The van der Waals surface area contributed by atoms with Crippen LogP contribution in [0.4, 0.5) is 0 Å². The lowest BCUT2D eigenvalue weighted by molar-refractivity contribution is -0.119. The number of hydrogen-bond donors (Lipinski definition) is 2. The summed E-state index contributed by atoms with van der Waals surface area (Å²) in [5.41, 5.74) is 2.08. The topological polar surface area (TPSA) is 66.4 Å². The number of ketones is 1. The SMILES string of the molecule is CCc1ccc(C2NC(=O)C(O)=C2C(=O)c2cccs2)cc1. The molecule has 112 valence electrons. The van der Waals surface area contributed by atoms with Crippen molar-refractivity contribution in [2.75, 3.05) is 0 Å². The Morgan fingerprint density at radius 3 is 2.59 bits per heavy atom. The van der Waals surface area contributed by atoms with Crippen molar-refractivity contribution in [3.8, 4) is 0 Å². The first-order valence-corrected chi connectivity index (χ1v) is 7.90. The van der Waals surface area contributed by atoms with Gasteiger partial charge in [-0.2, -0.15) is 0 Å². The molecule has 0 radical (unpaired) electrons. The molecule has 22 heavy (non-hydrogen) atoms. The molecule has 2 N–H and O–H groups in total. The molecule has 0 saturated carbocycles. The third-order valence-electron chi connectivity index (χ3n) is 3.75. The molecule has 1 aliphatic heterocycles. The molecular weight excluding hydrogens is 298 g/mol. The van der Waals surface area contributed by atoms with Crippen molar-refractivity contribution in [3.05, 3.63) is 69.1 Å². The second-order valence-corrected chi connectivity index (χ2v) is 6.02. The highest BCUT2D eigenvalue weighted by molar-refractivity contribution is 7.12. The molecule has 1 aromatic carbocycles. The molecule has 3 rings (SSSR count). The number of carbonyl (C=O) groups excluding carboxylic acids is 2. The summed E-state index contributed by atoms with van der Waals surface area (Å²) in [5.74, 6) is -1.40. The molecule has 0 aliphatic carbocycles. The summed E-state index contributed by atoms with van der Waals surface area (Å²) in [5, 5.41) is 14.5. The Hall–Kier alpha value is -2.40. The van der Waals surface area contributed by atoms with Gasteiger partial charge in [0.1, 0.15) is 0 Å². The largest absolute Gasteiger partial charge is 0.503 e. The van der Waals surface area contributed by atoms with Crippen LogP contribution >= 0.6 is 11.3 Å². The van der Waals surface area contributed by atoms with Crippen LogP contribution in [0.5, 0.6) is 0 Å². The summed E-state index contributed by atoms with van der Waals surface area (Å²) in [6.45, 7) is 2.06.